The van der Waals surface area contributed by atoms with E-state index in [1.165, 1.54) is 5.56 Å². The van der Waals surface area contributed by atoms with Crippen molar-refractivity contribution in [1.82, 2.24) is 10.6 Å². The maximum Gasteiger partial charge on any atom is 0.246 e. The molecule has 0 spiro atoms. The Kier molecular flexibility index (Phi) is 6.68. The molecule has 3 rings (SSSR count). The summed E-state index contributed by atoms with van der Waals surface area (Å²) in [6.45, 7) is 2.06. The van der Waals surface area contributed by atoms with Crippen molar-refractivity contribution in [2.75, 3.05) is 38.2 Å². The molecule has 142 valence electrons. The molecule has 0 saturated carbocycles. The molecule has 0 bridgehead atoms. The number of aryl methyl sites for hydroxylation is 1. The molecule has 1 aliphatic heterocycles. The third-order valence-electron chi connectivity index (χ3n) is 4.45. The number of carbonyl (C=O) groups excluding carboxylic acids is 1. The van der Waals surface area contributed by atoms with Crippen LogP contribution in [0.3, 0.4) is 0 Å². The molecule has 1 heterocycles. The number of amides is 1. The van der Waals surface area contributed by atoms with Crippen molar-refractivity contribution in [3.8, 4) is 5.75 Å². The van der Waals surface area contributed by atoms with Gasteiger partial charge in [-0.05, 0) is 36.6 Å². The van der Waals surface area contributed by atoms with Gasteiger partial charge in [0.1, 0.15) is 12.4 Å². The molecule has 0 fully saturated rings. The maximum atomic E-state index is 12.7. The summed E-state index contributed by atoms with van der Waals surface area (Å²) in [7, 11) is 1.69. The van der Waals surface area contributed by atoms with Crippen molar-refractivity contribution in [1.29, 1.82) is 0 Å². The van der Waals surface area contributed by atoms with Gasteiger partial charge in [-0.25, -0.2) is 0 Å². The summed E-state index contributed by atoms with van der Waals surface area (Å²) >= 11 is 0. The largest absolute Gasteiger partial charge is 0.492 e. The molecular formula is C21H26N4O2. The average Bonchev–Trinajstić information content (AvgIpc) is 2.73. The summed E-state index contributed by atoms with van der Waals surface area (Å²) in [4.78, 5) is 18.7. The lowest BCUT2D eigenvalue weighted by molar-refractivity contribution is -0.117. The Balaban J connectivity index is 1.43. The fourth-order valence-electron chi connectivity index (χ4n) is 3.12. The second kappa shape index (κ2) is 9.62. The zero-order chi connectivity index (χ0) is 18.9. The zero-order valence-electron chi connectivity index (χ0n) is 15.6. The molecule has 0 radical (unpaired) electrons. The lowest BCUT2D eigenvalue weighted by atomic mass is 10.0. The van der Waals surface area contributed by atoms with E-state index in [2.05, 4.69) is 21.7 Å². The number of nitrogens with zero attached hydrogens (tertiary/aromatic N) is 2. The second-order valence-electron chi connectivity index (χ2n) is 6.29. The monoisotopic (exact) mass is 366 g/mol. The molecule has 6 heteroatoms. The molecule has 2 aromatic rings. The fourth-order valence-corrected chi connectivity index (χ4v) is 3.12. The minimum absolute atomic E-state index is 0.0469. The van der Waals surface area contributed by atoms with Crippen LogP contribution in [0, 0.1) is 0 Å². The standard InChI is InChI=1S/C21H26N4O2/c1-22-21(23-13-15-27-18-10-3-2-4-11-18)24-16-20(26)25-14-7-9-17-8-5-6-12-19(17)25/h2-6,8,10-12H,7,9,13-16H2,1H3,(H2,22,23,24). The lowest BCUT2D eigenvalue weighted by Crippen LogP contribution is -2.46. The molecule has 2 aromatic carbocycles. The minimum atomic E-state index is 0.0469. The number of aliphatic imine (C=N–C) groups is 1. The van der Waals surface area contributed by atoms with Crippen LogP contribution in [-0.2, 0) is 11.2 Å². The molecule has 2 N–H and O–H groups in total. The van der Waals surface area contributed by atoms with Crippen molar-refractivity contribution in [3.63, 3.8) is 0 Å². The first kappa shape index (κ1) is 18.8. The number of rotatable bonds is 6. The molecule has 0 unspecified atom stereocenters. The molecular weight excluding hydrogens is 340 g/mol. The van der Waals surface area contributed by atoms with Gasteiger partial charge in [0.2, 0.25) is 5.91 Å². The van der Waals surface area contributed by atoms with Crippen LogP contribution in [0.1, 0.15) is 12.0 Å². The van der Waals surface area contributed by atoms with E-state index in [1.54, 1.807) is 7.05 Å². The van der Waals surface area contributed by atoms with Gasteiger partial charge in [-0.15, -0.1) is 0 Å². The second-order valence-corrected chi connectivity index (χ2v) is 6.29. The van der Waals surface area contributed by atoms with Crippen LogP contribution in [0.25, 0.3) is 0 Å². The molecule has 27 heavy (non-hydrogen) atoms. The summed E-state index contributed by atoms with van der Waals surface area (Å²) in [6.07, 6.45) is 2.02. The van der Waals surface area contributed by atoms with Crippen LogP contribution < -0.4 is 20.3 Å². The Hall–Kier alpha value is -3.02. The number of hydrogen-bond acceptors (Lipinski definition) is 3. The van der Waals surface area contributed by atoms with E-state index < -0.39 is 0 Å². The first-order valence-corrected chi connectivity index (χ1v) is 9.28. The van der Waals surface area contributed by atoms with Crippen molar-refractivity contribution in [2.45, 2.75) is 12.8 Å². The van der Waals surface area contributed by atoms with Crippen LogP contribution in [0.2, 0.25) is 0 Å². The number of carbonyl (C=O) groups is 1. The van der Waals surface area contributed by atoms with Gasteiger partial charge in [0.05, 0.1) is 13.1 Å². The highest BCUT2D eigenvalue weighted by molar-refractivity contribution is 5.98. The number of guanidine groups is 1. The Labute approximate surface area is 160 Å². The predicted octanol–water partition coefficient (Wildman–Crippen LogP) is 2.21. The van der Waals surface area contributed by atoms with Crippen LogP contribution >= 0.6 is 0 Å². The summed E-state index contributed by atoms with van der Waals surface area (Å²) in [6, 6.07) is 17.8. The van der Waals surface area contributed by atoms with Crippen LogP contribution in [0.4, 0.5) is 5.69 Å². The first-order valence-electron chi connectivity index (χ1n) is 9.28. The number of hydrogen-bond donors (Lipinski definition) is 2. The molecule has 0 saturated heterocycles. The van der Waals surface area contributed by atoms with Gasteiger partial charge < -0.3 is 20.3 Å². The van der Waals surface area contributed by atoms with Gasteiger partial charge in [0.25, 0.3) is 0 Å². The number of benzene rings is 2. The van der Waals surface area contributed by atoms with E-state index >= 15 is 0 Å². The molecule has 0 aromatic heterocycles. The molecule has 0 atom stereocenters. The van der Waals surface area contributed by atoms with Gasteiger partial charge in [-0.2, -0.15) is 0 Å². The number of para-hydroxylation sites is 2. The molecule has 1 amide bonds. The Bertz CT molecular complexity index is 777. The third kappa shape index (κ3) is 5.23. The summed E-state index contributed by atoms with van der Waals surface area (Å²) < 4.78 is 5.64. The summed E-state index contributed by atoms with van der Waals surface area (Å²) in [5.41, 5.74) is 2.26. The number of anilines is 1. The van der Waals surface area contributed by atoms with Crippen molar-refractivity contribution in [2.24, 2.45) is 4.99 Å². The predicted molar refractivity (Wildman–Crippen MR) is 108 cm³/mol. The van der Waals surface area contributed by atoms with Crippen molar-refractivity contribution in [3.05, 3.63) is 60.2 Å². The Morgan fingerprint density at radius 2 is 1.89 bits per heavy atom. The van der Waals surface area contributed by atoms with E-state index in [0.717, 1.165) is 30.8 Å². The third-order valence-corrected chi connectivity index (χ3v) is 4.45. The minimum Gasteiger partial charge on any atom is -0.492 e. The highest BCUT2D eigenvalue weighted by atomic mass is 16.5. The SMILES string of the molecule is CN=C(NCCOc1ccccc1)NCC(=O)N1CCCc2ccccc21. The van der Waals surface area contributed by atoms with Gasteiger partial charge in [-0.3, -0.25) is 9.79 Å². The number of ether oxygens (including phenoxy) is 1. The van der Waals surface area contributed by atoms with Crippen LogP contribution in [0.15, 0.2) is 59.6 Å². The number of nitrogens with one attached hydrogen (secondary N) is 2. The van der Waals surface area contributed by atoms with Gasteiger partial charge in [-0.1, -0.05) is 36.4 Å². The van der Waals surface area contributed by atoms with E-state index in [0.29, 0.717) is 19.1 Å². The number of fused-ring (bicyclic) bond motifs is 1. The average molecular weight is 366 g/mol. The van der Waals surface area contributed by atoms with Gasteiger partial charge >= 0.3 is 0 Å². The van der Waals surface area contributed by atoms with E-state index in [9.17, 15) is 4.79 Å². The Morgan fingerprint density at radius 3 is 2.70 bits per heavy atom. The van der Waals surface area contributed by atoms with E-state index in [1.807, 2.05) is 53.4 Å². The van der Waals surface area contributed by atoms with Crippen LogP contribution in [0.5, 0.6) is 5.75 Å². The van der Waals surface area contributed by atoms with Crippen molar-refractivity contribution < 1.29 is 9.53 Å². The van der Waals surface area contributed by atoms with Gasteiger partial charge in [0.15, 0.2) is 5.96 Å². The molecule has 1 aliphatic rings. The highest BCUT2D eigenvalue weighted by Gasteiger charge is 2.21. The topological polar surface area (TPSA) is 66.0 Å². The highest BCUT2D eigenvalue weighted by Crippen LogP contribution is 2.26. The van der Waals surface area contributed by atoms with E-state index in [-0.39, 0.29) is 12.5 Å². The normalized spacial score (nSPS) is 13.7. The molecule has 6 nitrogen and oxygen atoms in total. The van der Waals surface area contributed by atoms with Crippen molar-refractivity contribution >= 4 is 17.6 Å². The summed E-state index contributed by atoms with van der Waals surface area (Å²) in [5.74, 6) is 1.47. The lowest BCUT2D eigenvalue weighted by Gasteiger charge is -2.29. The fraction of sp³-hybridized carbons (Fsp3) is 0.333. The van der Waals surface area contributed by atoms with E-state index in [4.69, 9.17) is 4.74 Å². The van der Waals surface area contributed by atoms with Gasteiger partial charge in [0, 0.05) is 19.3 Å². The molecule has 0 aliphatic carbocycles. The smallest absolute Gasteiger partial charge is 0.246 e. The quantitative estimate of drug-likeness (QED) is 0.467. The zero-order valence-corrected chi connectivity index (χ0v) is 15.6. The van der Waals surface area contributed by atoms with Crippen LogP contribution in [-0.4, -0.2) is 45.2 Å². The first-order chi connectivity index (χ1) is 13.3. The Morgan fingerprint density at radius 1 is 1.11 bits per heavy atom. The summed E-state index contributed by atoms with van der Waals surface area (Å²) in [5, 5.41) is 6.25. The maximum absolute atomic E-state index is 12.7.